The van der Waals surface area contributed by atoms with Gasteiger partial charge in [-0.1, -0.05) is 53.2 Å². The molecule has 4 saturated carbocycles. The number of esters is 1. The van der Waals surface area contributed by atoms with Gasteiger partial charge in [-0.15, -0.1) is 0 Å². The second-order valence-electron chi connectivity index (χ2n) is 20.7. The molecule has 5 aliphatic carbocycles. The largest absolute Gasteiger partial charge is 0.432 e. The van der Waals surface area contributed by atoms with Crippen LogP contribution in [0.1, 0.15) is 92.9 Å². The van der Waals surface area contributed by atoms with Crippen molar-refractivity contribution in [2.45, 2.75) is 173 Å². The molecule has 16 heteroatoms. The minimum atomic E-state index is -1.89. The molecule has 7 aliphatic rings. The third-order valence-corrected chi connectivity index (χ3v) is 17.5. The predicted molar refractivity (Wildman–Crippen MR) is 202 cm³/mol. The number of hydrogen-bond acceptors (Lipinski definition) is 16. The Bertz CT molecular complexity index is 1570. The van der Waals surface area contributed by atoms with Crippen molar-refractivity contribution in [1.82, 2.24) is 0 Å². The van der Waals surface area contributed by atoms with Gasteiger partial charge >= 0.3 is 5.97 Å². The molecule has 11 N–H and O–H groups in total. The predicted octanol–water partition coefficient (Wildman–Crippen LogP) is -0.770. The lowest BCUT2D eigenvalue weighted by Crippen LogP contribution is -2.69. The van der Waals surface area contributed by atoms with E-state index >= 15 is 4.79 Å². The maximum absolute atomic E-state index is 15.0. The van der Waals surface area contributed by atoms with Crippen LogP contribution in [0.2, 0.25) is 0 Å². The van der Waals surface area contributed by atoms with Crippen molar-refractivity contribution < 1.29 is 79.9 Å². The summed E-state index contributed by atoms with van der Waals surface area (Å²) in [7, 11) is 0. The van der Waals surface area contributed by atoms with Crippen LogP contribution in [-0.2, 0) is 23.7 Å². The van der Waals surface area contributed by atoms with Crippen LogP contribution >= 0.6 is 0 Å². The molecule has 0 bridgehead atoms. The fraction of sp³-hybridized carbons (Fsp3) is 0.929. The van der Waals surface area contributed by atoms with Crippen LogP contribution in [0.3, 0.4) is 0 Å². The minimum Gasteiger partial charge on any atom is -0.432 e. The highest BCUT2D eigenvalue weighted by atomic mass is 16.8. The van der Waals surface area contributed by atoms with E-state index < -0.39 is 132 Å². The van der Waals surface area contributed by atoms with Crippen LogP contribution in [0, 0.1) is 50.2 Å². The smallest absolute Gasteiger partial charge is 0.315 e. The van der Waals surface area contributed by atoms with Gasteiger partial charge in [0.05, 0.1) is 43.5 Å². The molecule has 2 aliphatic heterocycles. The van der Waals surface area contributed by atoms with Crippen molar-refractivity contribution >= 4 is 5.97 Å². The molecule has 0 spiro atoms. The topological polar surface area (TPSA) is 277 Å². The fourth-order valence-electron chi connectivity index (χ4n) is 13.6. The monoisotopic (exact) mass is 828 g/mol. The number of allylic oxidation sites excluding steroid dienone is 1. The van der Waals surface area contributed by atoms with E-state index in [4.69, 9.17) is 18.9 Å². The van der Waals surface area contributed by atoms with Crippen molar-refractivity contribution in [3.63, 3.8) is 0 Å². The van der Waals surface area contributed by atoms with Gasteiger partial charge in [-0.2, -0.15) is 0 Å². The Morgan fingerprint density at radius 3 is 1.95 bits per heavy atom. The van der Waals surface area contributed by atoms with E-state index in [1.807, 2.05) is 20.8 Å². The van der Waals surface area contributed by atoms with Crippen molar-refractivity contribution in [1.29, 1.82) is 0 Å². The van der Waals surface area contributed by atoms with E-state index in [0.717, 1.165) is 12.0 Å². The number of aliphatic hydroxyl groups excluding tert-OH is 11. The van der Waals surface area contributed by atoms with E-state index in [2.05, 4.69) is 26.8 Å². The Morgan fingerprint density at radius 1 is 0.724 bits per heavy atom. The molecule has 6 fully saturated rings. The number of ether oxygens (including phenoxy) is 4. The molecular formula is C42H68O16. The average molecular weight is 829 g/mol. The van der Waals surface area contributed by atoms with Crippen LogP contribution in [0.25, 0.3) is 0 Å². The zero-order chi connectivity index (χ0) is 42.7. The summed E-state index contributed by atoms with van der Waals surface area (Å²) in [5.41, 5.74) is -3.11. The quantitative estimate of drug-likeness (QED) is 0.111. The van der Waals surface area contributed by atoms with Crippen molar-refractivity contribution in [2.75, 3.05) is 19.8 Å². The first-order chi connectivity index (χ1) is 27.0. The molecule has 0 aromatic heterocycles. The summed E-state index contributed by atoms with van der Waals surface area (Å²) in [6.07, 6.45) is -13.8. The molecule has 0 unspecified atom stereocenters. The van der Waals surface area contributed by atoms with Crippen LogP contribution in [0.4, 0.5) is 0 Å². The van der Waals surface area contributed by atoms with Crippen molar-refractivity contribution in [3.8, 4) is 0 Å². The average Bonchev–Trinajstić information content (AvgIpc) is 3.18. The molecule has 21 atom stereocenters. The van der Waals surface area contributed by atoms with Gasteiger partial charge in [0.25, 0.3) is 0 Å². The highest BCUT2D eigenvalue weighted by molar-refractivity contribution is 5.79. The number of carbonyl (C=O) groups is 1. The maximum atomic E-state index is 15.0. The zero-order valence-corrected chi connectivity index (χ0v) is 34.6. The van der Waals surface area contributed by atoms with Crippen LogP contribution in [0.5, 0.6) is 0 Å². The lowest BCUT2D eigenvalue weighted by atomic mass is 9.33. The number of aliphatic hydroxyl groups is 11. The van der Waals surface area contributed by atoms with Gasteiger partial charge in [0.15, 0.2) is 12.4 Å². The Morgan fingerprint density at radius 2 is 1.33 bits per heavy atom. The number of rotatable bonds is 7. The Labute approximate surface area is 339 Å². The molecule has 7 rings (SSSR count). The van der Waals surface area contributed by atoms with E-state index in [0.29, 0.717) is 44.9 Å². The van der Waals surface area contributed by atoms with Gasteiger partial charge < -0.3 is 75.1 Å². The van der Waals surface area contributed by atoms with Gasteiger partial charge in [-0.05, 0) is 84.9 Å². The summed E-state index contributed by atoms with van der Waals surface area (Å²) in [6.45, 7) is 10.7. The first-order valence-corrected chi connectivity index (χ1v) is 21.2. The molecule has 2 saturated heterocycles. The van der Waals surface area contributed by atoms with Gasteiger partial charge in [-0.3, -0.25) is 4.79 Å². The van der Waals surface area contributed by atoms with Gasteiger partial charge in [0, 0.05) is 11.3 Å². The third-order valence-electron chi connectivity index (χ3n) is 17.5. The van der Waals surface area contributed by atoms with E-state index in [-0.39, 0.29) is 23.9 Å². The first kappa shape index (κ1) is 44.7. The Hall–Kier alpha value is -1.35. The van der Waals surface area contributed by atoms with Crippen LogP contribution in [-0.4, -0.2) is 162 Å². The fourth-order valence-corrected chi connectivity index (χ4v) is 13.6. The van der Waals surface area contributed by atoms with Gasteiger partial charge in [-0.25, -0.2) is 0 Å². The first-order valence-electron chi connectivity index (χ1n) is 21.2. The molecular weight excluding hydrogens is 760 g/mol. The minimum absolute atomic E-state index is 0.0491. The number of fused-ring (bicyclic) bond motifs is 7. The Kier molecular flexibility index (Phi) is 11.7. The van der Waals surface area contributed by atoms with Crippen LogP contribution in [0.15, 0.2) is 11.6 Å². The second-order valence-corrected chi connectivity index (χ2v) is 20.7. The third kappa shape index (κ3) is 6.25. The molecule has 0 radical (unpaired) electrons. The molecule has 16 nitrogen and oxygen atoms in total. The second kappa shape index (κ2) is 15.2. The molecule has 0 aromatic rings. The molecule has 2 heterocycles. The highest BCUT2D eigenvalue weighted by Gasteiger charge is 2.72. The molecule has 0 aromatic carbocycles. The Balaban J connectivity index is 1.23. The lowest BCUT2D eigenvalue weighted by Gasteiger charge is -2.71. The van der Waals surface area contributed by atoms with E-state index in [9.17, 15) is 56.2 Å². The summed E-state index contributed by atoms with van der Waals surface area (Å²) < 4.78 is 23.4. The van der Waals surface area contributed by atoms with E-state index in [1.54, 1.807) is 0 Å². The van der Waals surface area contributed by atoms with Crippen LogP contribution < -0.4 is 0 Å². The molecule has 58 heavy (non-hydrogen) atoms. The summed E-state index contributed by atoms with van der Waals surface area (Å²) in [6, 6.07) is 0. The summed E-state index contributed by atoms with van der Waals surface area (Å²) >= 11 is 0. The standard InChI is InChI=1S/C42H68O16/c1-37(2)11-13-42(36(54)58-35-31(29(50)27(48)22(17-44)56-35)57-34-30(51)28(49)26(47)21(16-43)55-34)14-12-40(5)19(25(42)33(37)53)7-8-24-38(3)15-20(46)32(52)39(4,18-45)23(38)9-10-41(24,40)6/h7,20-35,43-53H,8-18H2,1-6H3/t20-,21-,22-,23-,24-,25-,26-,27-,28+,29+,30-,31-,32+,33+,34+,35+,38+,39-,40-,41-,42+/m1/s1. The molecule has 0 amide bonds. The van der Waals surface area contributed by atoms with Gasteiger partial charge in [0.2, 0.25) is 6.29 Å². The highest BCUT2D eigenvalue weighted by Crippen LogP contribution is 2.76. The maximum Gasteiger partial charge on any atom is 0.315 e. The molecule has 332 valence electrons. The zero-order valence-electron chi connectivity index (χ0n) is 34.6. The number of hydrogen-bond donors (Lipinski definition) is 11. The SMILES string of the molecule is CC1(C)CC[C@]2(C(=O)O[C@@H]3O[C@H](CO)[C@@H](O)[C@H](O)[C@H]3O[C@@H]3O[C@H](CO)[C@@H](O)[C@H](O)[C@H]3O)CC[C@]3(C)C(=CC[C@@H]4[C@@]5(C)C[C@@H](O)[C@H](O)[C@](C)(CO)[C@@H]5CC[C@]43C)[C@@H]2[C@@H]1O. The normalized spacial score (nSPS) is 55.2. The van der Waals surface area contributed by atoms with Crippen molar-refractivity contribution in [3.05, 3.63) is 11.6 Å². The van der Waals surface area contributed by atoms with Crippen molar-refractivity contribution in [2.24, 2.45) is 50.2 Å². The summed E-state index contributed by atoms with van der Waals surface area (Å²) in [5.74, 6) is -1.45. The lowest BCUT2D eigenvalue weighted by molar-refractivity contribution is -0.364. The number of carbonyl (C=O) groups excluding carboxylic acids is 1. The van der Waals surface area contributed by atoms with Gasteiger partial charge in [0.1, 0.15) is 42.7 Å². The van der Waals surface area contributed by atoms with E-state index in [1.165, 1.54) is 0 Å². The summed E-state index contributed by atoms with van der Waals surface area (Å²) in [4.78, 5) is 15.0. The summed E-state index contributed by atoms with van der Waals surface area (Å²) in [5, 5.41) is 119.